The van der Waals surface area contributed by atoms with Crippen molar-refractivity contribution in [2.45, 2.75) is 11.2 Å². The number of hydrogen-bond acceptors (Lipinski definition) is 2. The number of imidazole rings is 1. The minimum atomic E-state index is -4.45. The third-order valence-corrected chi connectivity index (χ3v) is 4.13. The van der Waals surface area contributed by atoms with Gasteiger partial charge >= 0.3 is 6.18 Å². The van der Waals surface area contributed by atoms with E-state index < -0.39 is 11.1 Å². The molecule has 112 valence electrons. The maximum Gasteiger partial charge on any atom is 0.422 e. The van der Waals surface area contributed by atoms with Gasteiger partial charge < -0.3 is 0 Å². The number of thioether (sulfide) groups is 1. The van der Waals surface area contributed by atoms with Crippen LogP contribution in [0.3, 0.4) is 0 Å². The summed E-state index contributed by atoms with van der Waals surface area (Å²) in [5, 5.41) is 0.407. The molecule has 0 aliphatic rings. The van der Waals surface area contributed by atoms with Crippen molar-refractivity contribution in [1.29, 1.82) is 0 Å². The predicted molar refractivity (Wildman–Crippen MR) is 81.7 cm³/mol. The van der Waals surface area contributed by atoms with E-state index >= 15 is 0 Å². The Hall–Kier alpha value is -2.21. The summed E-state index contributed by atoms with van der Waals surface area (Å²) in [4.78, 5) is 3.59. The van der Waals surface area contributed by atoms with Crippen LogP contribution in [0.5, 0.6) is 0 Å². The van der Waals surface area contributed by atoms with E-state index in [4.69, 9.17) is 0 Å². The van der Waals surface area contributed by atoms with Crippen LogP contribution in [0, 0.1) is 0 Å². The van der Waals surface area contributed by atoms with Crippen LogP contribution >= 0.6 is 11.8 Å². The van der Waals surface area contributed by atoms with Gasteiger partial charge in [0.25, 0.3) is 0 Å². The molecule has 2 heterocycles. The van der Waals surface area contributed by atoms with Crippen molar-refractivity contribution in [1.82, 2.24) is 9.38 Å². The molecule has 0 saturated carbocycles. The van der Waals surface area contributed by atoms with Gasteiger partial charge in [-0.2, -0.15) is 13.2 Å². The van der Waals surface area contributed by atoms with Crippen molar-refractivity contribution in [3.63, 3.8) is 0 Å². The first-order valence-electron chi connectivity index (χ1n) is 6.43. The molecule has 1 aromatic carbocycles. The monoisotopic (exact) mass is 320 g/mol. The van der Waals surface area contributed by atoms with E-state index in [-0.39, 0.29) is 0 Å². The summed E-state index contributed by atoms with van der Waals surface area (Å²) in [6, 6.07) is 14.4. The minimum Gasteiger partial charge on any atom is -0.294 e. The highest BCUT2D eigenvalue weighted by Gasteiger charge is 2.34. The van der Waals surface area contributed by atoms with Crippen molar-refractivity contribution in [2.75, 3.05) is 0 Å². The molecule has 6 heteroatoms. The van der Waals surface area contributed by atoms with Gasteiger partial charge in [-0.15, -0.1) is 0 Å². The SMILES string of the molecule is C=C(Sc1c(-c2ccccc2)nc2ccccn12)C(F)(F)F. The molecular formula is C16H11F3N2S. The van der Waals surface area contributed by atoms with Gasteiger partial charge in [-0.05, 0) is 12.1 Å². The van der Waals surface area contributed by atoms with E-state index in [0.29, 0.717) is 28.1 Å². The second kappa shape index (κ2) is 5.53. The van der Waals surface area contributed by atoms with Gasteiger partial charge in [0.2, 0.25) is 0 Å². The first-order chi connectivity index (χ1) is 10.5. The highest BCUT2D eigenvalue weighted by Crippen LogP contribution is 2.41. The van der Waals surface area contributed by atoms with Crippen LogP contribution in [-0.2, 0) is 0 Å². The molecule has 2 aromatic heterocycles. The first kappa shape index (κ1) is 14.7. The molecule has 0 bridgehead atoms. The number of halogens is 3. The van der Waals surface area contributed by atoms with Gasteiger partial charge in [0.15, 0.2) is 0 Å². The largest absolute Gasteiger partial charge is 0.422 e. The number of benzene rings is 1. The number of pyridine rings is 1. The lowest BCUT2D eigenvalue weighted by Crippen LogP contribution is -2.08. The number of nitrogens with zero attached hydrogens (tertiary/aromatic N) is 2. The van der Waals surface area contributed by atoms with Crippen LogP contribution in [-0.4, -0.2) is 15.6 Å². The van der Waals surface area contributed by atoms with E-state index in [1.165, 1.54) is 0 Å². The van der Waals surface area contributed by atoms with Crippen molar-refractivity contribution in [3.05, 3.63) is 66.2 Å². The zero-order valence-electron chi connectivity index (χ0n) is 11.3. The minimum absolute atomic E-state index is 0.407. The molecule has 0 saturated heterocycles. The molecule has 0 radical (unpaired) electrons. The van der Waals surface area contributed by atoms with Gasteiger partial charge in [-0.3, -0.25) is 4.40 Å². The molecule has 22 heavy (non-hydrogen) atoms. The number of fused-ring (bicyclic) bond motifs is 1. The van der Waals surface area contributed by atoms with Crippen molar-refractivity contribution in [2.24, 2.45) is 0 Å². The standard InChI is InChI=1S/C16H11F3N2S/c1-11(16(17,18)19)22-15-14(12-7-3-2-4-8-12)20-13-9-5-6-10-21(13)15/h2-10H,1H2. The molecule has 2 nitrogen and oxygen atoms in total. The van der Waals surface area contributed by atoms with Gasteiger partial charge in [-0.25, -0.2) is 4.98 Å². The molecule has 0 aliphatic carbocycles. The summed E-state index contributed by atoms with van der Waals surface area (Å²) in [6.07, 6.45) is -2.75. The summed E-state index contributed by atoms with van der Waals surface area (Å²) >= 11 is 0.589. The Balaban J connectivity index is 2.16. The molecule has 0 amide bonds. The van der Waals surface area contributed by atoms with Gasteiger partial charge in [0, 0.05) is 11.8 Å². The topological polar surface area (TPSA) is 17.3 Å². The average Bonchev–Trinajstić information content (AvgIpc) is 2.86. The summed E-state index contributed by atoms with van der Waals surface area (Å²) in [7, 11) is 0. The zero-order chi connectivity index (χ0) is 15.7. The Morgan fingerprint density at radius 1 is 1.05 bits per heavy atom. The smallest absolute Gasteiger partial charge is 0.294 e. The van der Waals surface area contributed by atoms with Crippen molar-refractivity contribution >= 4 is 17.4 Å². The normalized spacial score (nSPS) is 11.8. The van der Waals surface area contributed by atoms with Crippen LogP contribution in [0.25, 0.3) is 16.9 Å². The van der Waals surface area contributed by atoms with Gasteiger partial charge in [0.1, 0.15) is 16.4 Å². The van der Waals surface area contributed by atoms with Crippen LogP contribution in [0.4, 0.5) is 13.2 Å². The van der Waals surface area contributed by atoms with E-state index in [1.807, 2.05) is 30.3 Å². The van der Waals surface area contributed by atoms with Crippen LogP contribution < -0.4 is 0 Å². The maximum atomic E-state index is 12.8. The van der Waals surface area contributed by atoms with E-state index in [9.17, 15) is 13.2 Å². The fraction of sp³-hybridized carbons (Fsp3) is 0.0625. The Morgan fingerprint density at radius 2 is 1.73 bits per heavy atom. The second-order valence-corrected chi connectivity index (χ2v) is 5.67. The number of hydrogen-bond donors (Lipinski definition) is 0. The molecule has 0 unspecified atom stereocenters. The lowest BCUT2D eigenvalue weighted by molar-refractivity contribution is -0.0832. The van der Waals surface area contributed by atoms with Crippen LogP contribution in [0.1, 0.15) is 0 Å². The summed E-state index contributed by atoms with van der Waals surface area (Å²) in [5.74, 6) is 0. The fourth-order valence-corrected chi connectivity index (χ4v) is 2.89. The Kier molecular flexibility index (Phi) is 3.70. The number of allylic oxidation sites excluding steroid dienone is 1. The van der Waals surface area contributed by atoms with Crippen molar-refractivity contribution < 1.29 is 13.2 Å². The molecule has 0 fully saturated rings. The first-order valence-corrected chi connectivity index (χ1v) is 7.25. The third kappa shape index (κ3) is 2.74. The predicted octanol–water partition coefficient (Wildman–Crippen LogP) is 5.17. The summed E-state index contributed by atoms with van der Waals surface area (Å²) in [6.45, 7) is 3.14. The quantitative estimate of drug-likeness (QED) is 0.619. The van der Waals surface area contributed by atoms with E-state index in [1.54, 1.807) is 28.8 Å². The summed E-state index contributed by atoms with van der Waals surface area (Å²) < 4.78 is 40.1. The van der Waals surface area contributed by atoms with E-state index in [0.717, 1.165) is 5.56 Å². The summed E-state index contributed by atoms with van der Waals surface area (Å²) in [5.41, 5.74) is 1.88. The highest BCUT2D eigenvalue weighted by atomic mass is 32.2. The number of rotatable bonds is 3. The van der Waals surface area contributed by atoms with E-state index in [2.05, 4.69) is 11.6 Å². The molecule has 0 aliphatic heterocycles. The maximum absolute atomic E-state index is 12.8. The van der Waals surface area contributed by atoms with Crippen LogP contribution in [0.2, 0.25) is 0 Å². The van der Waals surface area contributed by atoms with Crippen molar-refractivity contribution in [3.8, 4) is 11.3 Å². The van der Waals surface area contributed by atoms with Gasteiger partial charge in [0.05, 0.1) is 4.91 Å². The average molecular weight is 320 g/mol. The number of aromatic nitrogens is 2. The van der Waals surface area contributed by atoms with Crippen LogP contribution in [0.15, 0.2) is 71.2 Å². The Bertz CT molecular complexity index is 822. The molecule has 3 aromatic rings. The third-order valence-electron chi connectivity index (χ3n) is 3.07. The molecular weight excluding hydrogens is 309 g/mol. The Morgan fingerprint density at radius 3 is 2.41 bits per heavy atom. The Labute approximate surface area is 129 Å². The molecule has 0 atom stereocenters. The molecule has 0 spiro atoms. The lowest BCUT2D eigenvalue weighted by Gasteiger charge is -2.10. The second-order valence-electron chi connectivity index (χ2n) is 4.58. The van der Waals surface area contributed by atoms with Gasteiger partial charge in [-0.1, -0.05) is 54.7 Å². The lowest BCUT2D eigenvalue weighted by atomic mass is 10.2. The molecule has 3 rings (SSSR count). The number of alkyl halides is 3. The zero-order valence-corrected chi connectivity index (χ0v) is 12.2. The fourth-order valence-electron chi connectivity index (χ4n) is 2.03. The molecule has 0 N–H and O–H groups in total. The highest BCUT2D eigenvalue weighted by molar-refractivity contribution is 8.03.